The summed E-state index contributed by atoms with van der Waals surface area (Å²) >= 11 is 0. The number of nitrogens with zero attached hydrogens (tertiary/aromatic N) is 1. The van der Waals surface area contributed by atoms with Gasteiger partial charge in [-0.3, -0.25) is 4.79 Å². The highest BCUT2D eigenvalue weighted by Crippen LogP contribution is 2.26. The first-order chi connectivity index (χ1) is 7.85. The van der Waals surface area contributed by atoms with Gasteiger partial charge in [-0.05, 0) is 26.0 Å². The van der Waals surface area contributed by atoms with Crippen molar-refractivity contribution in [2.45, 2.75) is 25.8 Å². The minimum atomic E-state index is -0.506. The summed E-state index contributed by atoms with van der Waals surface area (Å²) in [5.41, 5.74) is 11.9. The molecule has 0 aliphatic heterocycles. The van der Waals surface area contributed by atoms with E-state index in [9.17, 15) is 4.79 Å². The summed E-state index contributed by atoms with van der Waals surface area (Å²) in [7, 11) is 0. The Labute approximate surface area is 100 Å². The molecule has 0 aliphatic carbocycles. The van der Waals surface area contributed by atoms with Crippen LogP contribution in [0.3, 0.4) is 0 Å². The second-order valence-electron chi connectivity index (χ2n) is 4.53. The molecule has 0 radical (unpaired) electrons. The SMILES string of the molecule is CC(C)(CC(N)=O)Nc1cccc(C#N)c1N. The van der Waals surface area contributed by atoms with Crippen LogP contribution < -0.4 is 16.8 Å². The molecule has 5 nitrogen and oxygen atoms in total. The van der Waals surface area contributed by atoms with E-state index >= 15 is 0 Å². The number of para-hydroxylation sites is 1. The number of anilines is 2. The molecular weight excluding hydrogens is 216 g/mol. The Bertz CT molecular complexity index is 474. The van der Waals surface area contributed by atoms with Crippen LogP contribution in [-0.4, -0.2) is 11.4 Å². The van der Waals surface area contributed by atoms with Crippen molar-refractivity contribution in [3.63, 3.8) is 0 Å². The molecule has 0 heterocycles. The van der Waals surface area contributed by atoms with Gasteiger partial charge in [0.05, 0.1) is 16.9 Å². The highest BCUT2D eigenvalue weighted by atomic mass is 16.1. The molecule has 1 aromatic carbocycles. The summed E-state index contributed by atoms with van der Waals surface area (Å²) in [6.45, 7) is 3.69. The van der Waals surface area contributed by atoms with Gasteiger partial charge in [-0.2, -0.15) is 5.26 Å². The summed E-state index contributed by atoms with van der Waals surface area (Å²) in [5.74, 6) is -0.391. The molecule has 17 heavy (non-hydrogen) atoms. The predicted molar refractivity (Wildman–Crippen MR) is 67.1 cm³/mol. The number of nitrogens with two attached hydrogens (primary N) is 2. The third kappa shape index (κ3) is 3.38. The summed E-state index contributed by atoms with van der Waals surface area (Å²) in [6, 6.07) is 7.14. The lowest BCUT2D eigenvalue weighted by molar-refractivity contribution is -0.118. The van der Waals surface area contributed by atoms with Crippen LogP contribution in [0.2, 0.25) is 0 Å². The van der Waals surface area contributed by atoms with Crippen LogP contribution in [0.5, 0.6) is 0 Å². The monoisotopic (exact) mass is 232 g/mol. The summed E-state index contributed by atoms with van der Waals surface area (Å²) in [6.07, 6.45) is 0.184. The van der Waals surface area contributed by atoms with Crippen LogP contribution in [0.25, 0.3) is 0 Å². The first kappa shape index (κ1) is 12.8. The van der Waals surface area contributed by atoms with Crippen LogP contribution in [0.1, 0.15) is 25.8 Å². The van der Waals surface area contributed by atoms with Crippen molar-refractivity contribution in [1.29, 1.82) is 5.26 Å². The molecule has 5 N–H and O–H groups in total. The van der Waals surface area contributed by atoms with Gasteiger partial charge in [0.15, 0.2) is 0 Å². The Morgan fingerprint density at radius 1 is 1.53 bits per heavy atom. The number of rotatable bonds is 4. The van der Waals surface area contributed by atoms with Crippen molar-refractivity contribution in [1.82, 2.24) is 0 Å². The Morgan fingerprint density at radius 2 is 2.18 bits per heavy atom. The number of carbonyl (C=O) groups is 1. The number of hydrogen-bond acceptors (Lipinski definition) is 4. The molecule has 90 valence electrons. The van der Waals surface area contributed by atoms with E-state index in [1.807, 2.05) is 19.9 Å². The van der Waals surface area contributed by atoms with Crippen molar-refractivity contribution in [3.8, 4) is 6.07 Å². The predicted octanol–water partition coefficient (Wildman–Crippen LogP) is 1.21. The van der Waals surface area contributed by atoms with Gasteiger partial charge in [0, 0.05) is 12.0 Å². The number of nitrogen functional groups attached to an aromatic ring is 1. The maximum atomic E-state index is 10.9. The number of primary amides is 1. The number of nitriles is 1. The highest BCUT2D eigenvalue weighted by molar-refractivity contribution is 5.77. The molecule has 0 saturated heterocycles. The Morgan fingerprint density at radius 3 is 2.71 bits per heavy atom. The average Bonchev–Trinajstić information content (AvgIpc) is 2.19. The largest absolute Gasteiger partial charge is 0.396 e. The molecule has 0 aliphatic rings. The van der Waals surface area contributed by atoms with Crippen LogP contribution in [-0.2, 0) is 4.79 Å². The molecule has 5 heteroatoms. The molecule has 0 aromatic heterocycles. The molecule has 0 fully saturated rings. The highest BCUT2D eigenvalue weighted by Gasteiger charge is 2.21. The minimum absolute atomic E-state index is 0.184. The van der Waals surface area contributed by atoms with E-state index in [4.69, 9.17) is 16.7 Å². The van der Waals surface area contributed by atoms with E-state index < -0.39 is 11.4 Å². The van der Waals surface area contributed by atoms with Gasteiger partial charge < -0.3 is 16.8 Å². The van der Waals surface area contributed by atoms with Gasteiger partial charge in [0.25, 0.3) is 0 Å². The van der Waals surface area contributed by atoms with E-state index in [1.165, 1.54) is 0 Å². The van der Waals surface area contributed by atoms with Gasteiger partial charge in [-0.25, -0.2) is 0 Å². The zero-order valence-electron chi connectivity index (χ0n) is 9.95. The molecular formula is C12H16N4O. The quantitative estimate of drug-likeness (QED) is 0.678. The Kier molecular flexibility index (Phi) is 3.59. The van der Waals surface area contributed by atoms with E-state index in [0.717, 1.165) is 0 Å². The number of benzene rings is 1. The maximum Gasteiger partial charge on any atom is 0.219 e. The first-order valence-electron chi connectivity index (χ1n) is 5.21. The third-order valence-corrected chi connectivity index (χ3v) is 2.32. The lowest BCUT2D eigenvalue weighted by atomic mass is 9.99. The Balaban J connectivity index is 2.96. The van der Waals surface area contributed by atoms with Crippen LogP contribution in [0, 0.1) is 11.3 Å². The standard InChI is InChI=1S/C12H16N4O/c1-12(2,6-10(14)17)16-9-5-3-4-8(7-13)11(9)15/h3-5,16H,6,15H2,1-2H3,(H2,14,17). The molecule has 0 saturated carbocycles. The first-order valence-corrected chi connectivity index (χ1v) is 5.21. The van der Waals surface area contributed by atoms with Crippen molar-refractivity contribution >= 4 is 17.3 Å². The molecule has 1 amide bonds. The van der Waals surface area contributed by atoms with Gasteiger partial charge in [-0.1, -0.05) is 6.07 Å². The zero-order valence-corrected chi connectivity index (χ0v) is 9.95. The number of amides is 1. The Hall–Kier alpha value is -2.22. The summed E-state index contributed by atoms with van der Waals surface area (Å²) in [4.78, 5) is 10.9. The van der Waals surface area contributed by atoms with Crippen LogP contribution in [0.4, 0.5) is 11.4 Å². The van der Waals surface area contributed by atoms with Crippen molar-refractivity contribution < 1.29 is 4.79 Å². The maximum absolute atomic E-state index is 10.9. The van der Waals surface area contributed by atoms with E-state index in [0.29, 0.717) is 16.9 Å². The molecule has 1 aromatic rings. The summed E-state index contributed by atoms with van der Waals surface area (Å²) < 4.78 is 0. The molecule has 0 bridgehead atoms. The van der Waals surface area contributed by atoms with Gasteiger partial charge in [-0.15, -0.1) is 0 Å². The fraction of sp³-hybridized carbons (Fsp3) is 0.333. The number of carbonyl (C=O) groups excluding carboxylic acids is 1. The second kappa shape index (κ2) is 4.74. The van der Waals surface area contributed by atoms with Crippen molar-refractivity contribution in [3.05, 3.63) is 23.8 Å². The smallest absolute Gasteiger partial charge is 0.219 e. The average molecular weight is 232 g/mol. The van der Waals surface area contributed by atoms with Gasteiger partial charge >= 0.3 is 0 Å². The fourth-order valence-electron chi connectivity index (χ4n) is 1.62. The molecule has 1 rings (SSSR count). The van der Waals surface area contributed by atoms with E-state index in [1.54, 1.807) is 18.2 Å². The van der Waals surface area contributed by atoms with E-state index in [2.05, 4.69) is 5.32 Å². The third-order valence-electron chi connectivity index (χ3n) is 2.32. The fourth-order valence-corrected chi connectivity index (χ4v) is 1.62. The second-order valence-corrected chi connectivity index (χ2v) is 4.53. The van der Waals surface area contributed by atoms with Gasteiger partial charge in [0.1, 0.15) is 6.07 Å². The van der Waals surface area contributed by atoms with Gasteiger partial charge in [0.2, 0.25) is 5.91 Å². The number of hydrogen-bond donors (Lipinski definition) is 3. The van der Waals surface area contributed by atoms with Crippen LogP contribution >= 0.6 is 0 Å². The summed E-state index contributed by atoms with van der Waals surface area (Å²) in [5, 5.41) is 12.0. The van der Waals surface area contributed by atoms with Crippen molar-refractivity contribution in [2.75, 3.05) is 11.1 Å². The number of nitrogens with one attached hydrogen (secondary N) is 1. The zero-order chi connectivity index (χ0) is 13.1. The normalized spacial score (nSPS) is 10.6. The van der Waals surface area contributed by atoms with Crippen molar-refractivity contribution in [2.24, 2.45) is 5.73 Å². The molecule has 0 spiro atoms. The molecule has 0 unspecified atom stereocenters. The lowest BCUT2D eigenvalue weighted by Gasteiger charge is -2.27. The van der Waals surface area contributed by atoms with Crippen LogP contribution in [0.15, 0.2) is 18.2 Å². The topological polar surface area (TPSA) is 105 Å². The lowest BCUT2D eigenvalue weighted by Crippen LogP contribution is -2.36. The van der Waals surface area contributed by atoms with E-state index in [-0.39, 0.29) is 6.42 Å². The molecule has 0 atom stereocenters. The minimum Gasteiger partial charge on any atom is -0.396 e.